The molecular formula is C7H14N2O2. The van der Waals surface area contributed by atoms with Crippen LogP contribution in [0.4, 0.5) is 0 Å². The number of nitrogens with two attached hydrogens (primary N) is 1. The third-order valence-corrected chi connectivity index (χ3v) is 1.99. The quantitative estimate of drug-likeness (QED) is 0.502. The number of rotatable bonds is 1. The lowest BCUT2D eigenvalue weighted by Gasteiger charge is -2.25. The van der Waals surface area contributed by atoms with E-state index < -0.39 is 0 Å². The van der Waals surface area contributed by atoms with Crippen LogP contribution in [-0.4, -0.2) is 25.8 Å². The number of carbonyl (C=O) groups is 1. The van der Waals surface area contributed by atoms with Gasteiger partial charge >= 0.3 is 5.97 Å². The molecule has 1 aliphatic heterocycles. The Morgan fingerprint density at radius 3 is 2.82 bits per heavy atom. The smallest absolute Gasteiger partial charge is 0.309 e. The Morgan fingerprint density at radius 1 is 1.64 bits per heavy atom. The van der Waals surface area contributed by atoms with Gasteiger partial charge in [-0.15, -0.1) is 0 Å². The zero-order chi connectivity index (χ0) is 8.27. The molecule has 4 nitrogen and oxygen atoms in total. The van der Waals surface area contributed by atoms with Crippen molar-refractivity contribution in [3.05, 3.63) is 0 Å². The Labute approximate surface area is 66.1 Å². The van der Waals surface area contributed by atoms with Gasteiger partial charge in [-0.25, -0.2) is 0 Å². The van der Waals surface area contributed by atoms with E-state index >= 15 is 0 Å². The van der Waals surface area contributed by atoms with E-state index in [9.17, 15) is 4.79 Å². The molecule has 0 aromatic heterocycles. The third-order valence-electron chi connectivity index (χ3n) is 1.99. The predicted octanol–water partition coefficient (Wildman–Crippen LogP) is -0.556. The van der Waals surface area contributed by atoms with E-state index in [-0.39, 0.29) is 18.1 Å². The van der Waals surface area contributed by atoms with Gasteiger partial charge in [0.15, 0.2) is 0 Å². The first-order valence-electron chi connectivity index (χ1n) is 3.81. The average molecular weight is 158 g/mol. The molecule has 0 radical (unpaired) electrons. The third kappa shape index (κ3) is 2.17. The predicted molar refractivity (Wildman–Crippen MR) is 40.7 cm³/mol. The number of nitrogens with one attached hydrogen (secondary N) is 1. The second-order valence-corrected chi connectivity index (χ2v) is 2.81. The van der Waals surface area contributed by atoms with E-state index in [2.05, 4.69) is 10.1 Å². The second kappa shape index (κ2) is 3.69. The summed E-state index contributed by atoms with van der Waals surface area (Å²) in [5, 5.41) is 3.02. The first-order valence-corrected chi connectivity index (χ1v) is 3.81. The van der Waals surface area contributed by atoms with Gasteiger partial charge in [-0.05, 0) is 12.8 Å². The Hall–Kier alpha value is -0.610. The van der Waals surface area contributed by atoms with Crippen LogP contribution in [0.25, 0.3) is 0 Å². The highest BCUT2D eigenvalue weighted by molar-refractivity contribution is 5.72. The number of esters is 1. The lowest BCUT2D eigenvalue weighted by Crippen LogP contribution is -2.46. The minimum atomic E-state index is -0.135. The van der Waals surface area contributed by atoms with E-state index in [1.807, 2.05) is 0 Å². The fourth-order valence-corrected chi connectivity index (χ4v) is 1.25. The van der Waals surface area contributed by atoms with Crippen LogP contribution >= 0.6 is 0 Å². The van der Waals surface area contributed by atoms with Crippen LogP contribution in [0.15, 0.2) is 0 Å². The topological polar surface area (TPSA) is 64.3 Å². The fraction of sp³-hybridized carbons (Fsp3) is 0.857. The maximum atomic E-state index is 11.0. The molecule has 1 fully saturated rings. The minimum absolute atomic E-state index is 0.000185. The van der Waals surface area contributed by atoms with Crippen molar-refractivity contribution in [2.45, 2.75) is 19.0 Å². The van der Waals surface area contributed by atoms with E-state index in [4.69, 9.17) is 5.73 Å². The Kier molecular flexibility index (Phi) is 2.84. The summed E-state index contributed by atoms with van der Waals surface area (Å²) in [4.78, 5) is 11.0. The lowest BCUT2D eigenvalue weighted by atomic mass is 9.98. The summed E-state index contributed by atoms with van der Waals surface area (Å²) in [5.41, 5.74) is 5.58. The van der Waals surface area contributed by atoms with Gasteiger partial charge in [0.25, 0.3) is 0 Å². The monoisotopic (exact) mass is 158 g/mol. The molecule has 2 unspecified atom stereocenters. The number of hydrogen-bond acceptors (Lipinski definition) is 4. The van der Waals surface area contributed by atoms with Crippen LogP contribution in [0.3, 0.4) is 0 Å². The van der Waals surface area contributed by atoms with Crippen molar-refractivity contribution >= 4 is 5.97 Å². The van der Waals surface area contributed by atoms with Gasteiger partial charge in [0, 0.05) is 6.54 Å². The maximum absolute atomic E-state index is 11.0. The summed E-state index contributed by atoms with van der Waals surface area (Å²) in [7, 11) is 1.41. The van der Waals surface area contributed by atoms with Crippen molar-refractivity contribution in [3.63, 3.8) is 0 Å². The van der Waals surface area contributed by atoms with E-state index in [1.165, 1.54) is 7.11 Å². The van der Waals surface area contributed by atoms with Gasteiger partial charge in [-0.3, -0.25) is 4.79 Å². The van der Waals surface area contributed by atoms with Crippen LogP contribution in [0, 0.1) is 5.92 Å². The maximum Gasteiger partial charge on any atom is 0.309 e. The van der Waals surface area contributed by atoms with Crippen LogP contribution in [0.5, 0.6) is 0 Å². The molecule has 0 bridgehead atoms. The molecule has 0 aromatic carbocycles. The molecule has 2 atom stereocenters. The highest BCUT2D eigenvalue weighted by Gasteiger charge is 2.24. The lowest BCUT2D eigenvalue weighted by molar-refractivity contribution is -0.146. The van der Waals surface area contributed by atoms with Gasteiger partial charge in [-0.1, -0.05) is 0 Å². The molecule has 4 heteroatoms. The number of hydrogen-bond donors (Lipinski definition) is 2. The zero-order valence-corrected chi connectivity index (χ0v) is 6.67. The number of ether oxygens (including phenoxy) is 1. The first-order chi connectivity index (χ1) is 5.24. The molecule has 3 N–H and O–H groups in total. The molecule has 1 heterocycles. The fourth-order valence-electron chi connectivity index (χ4n) is 1.25. The summed E-state index contributed by atoms with van der Waals surface area (Å²) in [6.45, 7) is 0.647. The molecule has 64 valence electrons. The standard InChI is InChI=1S/C7H14N2O2/c1-11-7(10)5-2-3-6(8)9-4-5/h5-6,9H,2-4,8H2,1H3. The Balaban J connectivity index is 2.33. The van der Waals surface area contributed by atoms with E-state index in [0.29, 0.717) is 6.54 Å². The van der Waals surface area contributed by atoms with Gasteiger partial charge in [0.2, 0.25) is 0 Å². The number of carbonyl (C=O) groups excluding carboxylic acids is 1. The van der Waals surface area contributed by atoms with Crippen molar-refractivity contribution in [1.29, 1.82) is 0 Å². The highest BCUT2D eigenvalue weighted by atomic mass is 16.5. The molecule has 1 aliphatic rings. The summed E-state index contributed by atoms with van der Waals surface area (Å²) in [6.07, 6.45) is 1.73. The van der Waals surface area contributed by atoms with Crippen LogP contribution in [0.1, 0.15) is 12.8 Å². The second-order valence-electron chi connectivity index (χ2n) is 2.81. The summed E-state index contributed by atoms with van der Waals surface area (Å²) in [5.74, 6) is -0.135. The van der Waals surface area contributed by atoms with Gasteiger partial charge < -0.3 is 15.8 Å². The SMILES string of the molecule is COC(=O)C1CCC(N)NC1. The largest absolute Gasteiger partial charge is 0.469 e. The summed E-state index contributed by atoms with van der Waals surface area (Å²) < 4.78 is 4.61. The Morgan fingerprint density at radius 2 is 2.36 bits per heavy atom. The normalized spacial score (nSPS) is 31.5. The van der Waals surface area contributed by atoms with Gasteiger partial charge in [-0.2, -0.15) is 0 Å². The average Bonchev–Trinajstić information content (AvgIpc) is 2.05. The summed E-state index contributed by atoms with van der Waals surface area (Å²) >= 11 is 0. The van der Waals surface area contributed by atoms with E-state index in [0.717, 1.165) is 12.8 Å². The minimum Gasteiger partial charge on any atom is -0.469 e. The van der Waals surface area contributed by atoms with Crippen molar-refractivity contribution in [2.24, 2.45) is 11.7 Å². The number of piperidine rings is 1. The van der Waals surface area contributed by atoms with Crippen molar-refractivity contribution < 1.29 is 9.53 Å². The molecule has 0 spiro atoms. The molecule has 11 heavy (non-hydrogen) atoms. The molecule has 0 saturated carbocycles. The molecule has 0 amide bonds. The van der Waals surface area contributed by atoms with Gasteiger partial charge in [0.05, 0.1) is 19.2 Å². The summed E-state index contributed by atoms with van der Waals surface area (Å²) in [6, 6.07) is 0. The van der Waals surface area contributed by atoms with Crippen LogP contribution in [-0.2, 0) is 9.53 Å². The van der Waals surface area contributed by atoms with Crippen LogP contribution in [0.2, 0.25) is 0 Å². The molecular weight excluding hydrogens is 144 g/mol. The highest BCUT2D eigenvalue weighted by Crippen LogP contribution is 2.12. The molecule has 1 rings (SSSR count). The molecule has 0 aliphatic carbocycles. The number of methoxy groups -OCH3 is 1. The zero-order valence-electron chi connectivity index (χ0n) is 6.67. The van der Waals surface area contributed by atoms with Crippen molar-refractivity contribution in [1.82, 2.24) is 5.32 Å². The first kappa shape index (κ1) is 8.49. The molecule has 1 saturated heterocycles. The van der Waals surface area contributed by atoms with Gasteiger partial charge in [0.1, 0.15) is 0 Å². The molecule has 0 aromatic rings. The Bertz CT molecular complexity index is 141. The van der Waals surface area contributed by atoms with Crippen molar-refractivity contribution in [2.75, 3.05) is 13.7 Å². The van der Waals surface area contributed by atoms with E-state index in [1.54, 1.807) is 0 Å². The van der Waals surface area contributed by atoms with Crippen molar-refractivity contribution in [3.8, 4) is 0 Å². The van der Waals surface area contributed by atoms with Crippen LogP contribution < -0.4 is 11.1 Å².